The predicted molar refractivity (Wildman–Crippen MR) is 94.8 cm³/mol. The molecule has 5 aliphatic rings. The number of ether oxygens (including phenoxy) is 1. The number of benzene rings is 1. The maximum absolute atomic E-state index is 12.8. The molecule has 3 fully saturated rings. The van der Waals surface area contributed by atoms with Crippen molar-refractivity contribution in [1.82, 2.24) is 5.01 Å². The Bertz CT molecular complexity index is 813. The number of rotatable bonds is 3. The predicted octanol–water partition coefficient (Wildman–Crippen LogP) is 2.84. The van der Waals surface area contributed by atoms with E-state index in [0.29, 0.717) is 11.8 Å². The largest absolute Gasteiger partial charge is 0.496 e. The van der Waals surface area contributed by atoms with Crippen molar-refractivity contribution in [3.8, 4) is 5.75 Å². The van der Waals surface area contributed by atoms with Crippen LogP contribution in [-0.2, 0) is 9.59 Å². The monoisotopic (exact) mass is 400 g/mol. The highest BCUT2D eigenvalue weighted by Crippen LogP contribution is 2.65. The van der Waals surface area contributed by atoms with Gasteiger partial charge in [-0.1, -0.05) is 12.2 Å². The lowest BCUT2D eigenvalue weighted by Crippen LogP contribution is -2.40. The topological polar surface area (TPSA) is 59.0 Å². The first-order valence-corrected chi connectivity index (χ1v) is 9.33. The second-order valence-corrected chi connectivity index (χ2v) is 8.14. The molecule has 2 bridgehead atoms. The Hall–Kier alpha value is -1.95. The van der Waals surface area contributed by atoms with Crippen LogP contribution in [-0.4, -0.2) is 30.1 Å². The van der Waals surface area contributed by atoms with Gasteiger partial charge >= 0.3 is 0 Å². The molecule has 6 atom stereocenters. The summed E-state index contributed by atoms with van der Waals surface area (Å²) in [6.07, 6.45) is 7.06. The minimum atomic E-state index is -0.203. The van der Waals surface area contributed by atoms with Crippen molar-refractivity contribution in [1.29, 1.82) is 0 Å². The van der Waals surface area contributed by atoms with Gasteiger partial charge in [-0.2, -0.15) is 10.1 Å². The van der Waals surface area contributed by atoms with Crippen molar-refractivity contribution >= 4 is 34.0 Å². The van der Waals surface area contributed by atoms with Gasteiger partial charge in [0.1, 0.15) is 5.75 Å². The molecule has 2 amide bonds. The van der Waals surface area contributed by atoms with Gasteiger partial charge in [0.25, 0.3) is 11.8 Å². The minimum absolute atomic E-state index is 0.136. The van der Waals surface area contributed by atoms with Crippen LogP contribution < -0.4 is 4.74 Å². The standard InChI is InChI=1S/C19H17BrN2O3/c1-25-15-5-2-9(6-14(15)20)8-21-22-18(23)16-10-3-4-11(13-7-12(10)13)17(16)19(22)24/h2-6,8,10-13,16-17H,7H2,1H3/b21-8+. The quantitative estimate of drug-likeness (QED) is 0.445. The second-order valence-electron chi connectivity index (χ2n) is 7.28. The maximum Gasteiger partial charge on any atom is 0.254 e. The van der Waals surface area contributed by atoms with E-state index >= 15 is 0 Å². The number of amides is 2. The molecule has 1 aromatic carbocycles. The first kappa shape index (κ1) is 15.3. The molecular formula is C19H17BrN2O3. The zero-order valence-corrected chi connectivity index (χ0v) is 15.2. The Morgan fingerprint density at radius 3 is 2.36 bits per heavy atom. The van der Waals surface area contributed by atoms with Crippen molar-refractivity contribution < 1.29 is 14.3 Å². The number of imide groups is 1. The first-order valence-electron chi connectivity index (χ1n) is 8.54. The molecule has 1 saturated heterocycles. The van der Waals surface area contributed by atoms with Crippen LogP contribution in [0.2, 0.25) is 0 Å². The molecule has 5 nitrogen and oxygen atoms in total. The average molecular weight is 401 g/mol. The van der Waals surface area contributed by atoms with Crippen LogP contribution in [0, 0.1) is 35.5 Å². The number of carbonyl (C=O) groups is 2. The number of hydrogen-bond donors (Lipinski definition) is 0. The Kier molecular flexibility index (Phi) is 3.23. The molecule has 1 aliphatic heterocycles. The van der Waals surface area contributed by atoms with E-state index in [2.05, 4.69) is 33.2 Å². The van der Waals surface area contributed by atoms with Gasteiger partial charge in [0.2, 0.25) is 0 Å². The van der Waals surface area contributed by atoms with Crippen LogP contribution in [0.4, 0.5) is 0 Å². The number of allylic oxidation sites excluding steroid dienone is 2. The fourth-order valence-electron chi connectivity index (χ4n) is 4.94. The van der Waals surface area contributed by atoms with E-state index < -0.39 is 0 Å². The number of methoxy groups -OCH3 is 1. The summed E-state index contributed by atoms with van der Waals surface area (Å²) in [7, 11) is 1.60. The highest BCUT2D eigenvalue weighted by Gasteiger charge is 2.67. The maximum atomic E-state index is 12.8. The molecule has 1 heterocycles. The van der Waals surface area contributed by atoms with Gasteiger partial charge in [-0.3, -0.25) is 9.59 Å². The molecule has 2 saturated carbocycles. The summed E-state index contributed by atoms with van der Waals surface area (Å²) in [4.78, 5) is 25.6. The van der Waals surface area contributed by atoms with Crippen molar-refractivity contribution in [2.45, 2.75) is 6.42 Å². The summed E-state index contributed by atoms with van der Waals surface area (Å²) in [5.74, 6) is 1.71. The number of hydrazone groups is 1. The molecule has 0 radical (unpaired) electrons. The summed E-state index contributed by atoms with van der Waals surface area (Å²) in [5, 5.41) is 5.34. The molecule has 0 aromatic heterocycles. The Balaban J connectivity index is 1.41. The third-order valence-electron chi connectivity index (χ3n) is 6.14. The summed E-state index contributed by atoms with van der Waals surface area (Å²) < 4.78 is 6.00. The summed E-state index contributed by atoms with van der Waals surface area (Å²) in [6.45, 7) is 0. The zero-order chi connectivity index (χ0) is 17.3. The Morgan fingerprint density at radius 2 is 1.80 bits per heavy atom. The van der Waals surface area contributed by atoms with Crippen molar-refractivity contribution in [3.63, 3.8) is 0 Å². The second kappa shape index (κ2) is 5.27. The van der Waals surface area contributed by atoms with E-state index in [1.54, 1.807) is 13.3 Å². The molecular weight excluding hydrogens is 384 g/mol. The normalized spacial score (nSPS) is 37.6. The Labute approximate surface area is 153 Å². The molecule has 0 spiro atoms. The number of nitrogens with zero attached hydrogens (tertiary/aromatic N) is 2. The van der Waals surface area contributed by atoms with Gasteiger partial charge in [-0.25, -0.2) is 0 Å². The van der Waals surface area contributed by atoms with Gasteiger partial charge in [0, 0.05) is 0 Å². The number of carbonyl (C=O) groups excluding carboxylic acids is 2. The van der Waals surface area contributed by atoms with Crippen LogP contribution in [0.3, 0.4) is 0 Å². The lowest BCUT2D eigenvalue weighted by atomic mass is 9.63. The van der Waals surface area contributed by atoms with Crippen LogP contribution in [0.1, 0.15) is 12.0 Å². The molecule has 4 aliphatic carbocycles. The van der Waals surface area contributed by atoms with Crippen LogP contribution in [0.15, 0.2) is 39.9 Å². The SMILES string of the molecule is COc1ccc(/C=N/N2C(=O)C3C4C=CC(C5CC45)C3C2=O)cc1Br. The van der Waals surface area contributed by atoms with E-state index in [4.69, 9.17) is 4.74 Å². The highest BCUT2D eigenvalue weighted by atomic mass is 79.9. The van der Waals surface area contributed by atoms with Crippen molar-refractivity contribution in [2.75, 3.05) is 7.11 Å². The summed E-state index contributed by atoms with van der Waals surface area (Å²) in [6, 6.07) is 5.50. The van der Waals surface area contributed by atoms with Crippen LogP contribution in [0.25, 0.3) is 0 Å². The first-order chi connectivity index (χ1) is 12.1. The average Bonchev–Trinajstić information content (AvgIpc) is 3.39. The molecule has 0 N–H and O–H groups in total. The number of hydrogen-bond acceptors (Lipinski definition) is 4. The van der Waals surface area contributed by atoms with Crippen LogP contribution in [0.5, 0.6) is 5.75 Å². The molecule has 1 aromatic rings. The fourth-order valence-corrected chi connectivity index (χ4v) is 5.50. The van der Waals surface area contributed by atoms with Gasteiger partial charge in [0.15, 0.2) is 0 Å². The molecule has 25 heavy (non-hydrogen) atoms. The highest BCUT2D eigenvalue weighted by molar-refractivity contribution is 9.10. The molecule has 6 unspecified atom stereocenters. The summed E-state index contributed by atoms with van der Waals surface area (Å²) >= 11 is 3.43. The molecule has 128 valence electrons. The van der Waals surface area contributed by atoms with Crippen LogP contribution >= 0.6 is 15.9 Å². The van der Waals surface area contributed by atoms with Gasteiger partial charge in [-0.05, 0) is 69.8 Å². The zero-order valence-electron chi connectivity index (χ0n) is 13.6. The van der Waals surface area contributed by atoms with Gasteiger partial charge in [-0.15, -0.1) is 0 Å². The lowest BCUT2D eigenvalue weighted by Gasteiger charge is -2.37. The van der Waals surface area contributed by atoms with Gasteiger partial charge < -0.3 is 4.74 Å². The number of halogens is 1. The lowest BCUT2D eigenvalue weighted by molar-refractivity contribution is -0.140. The van der Waals surface area contributed by atoms with Gasteiger partial charge in [0.05, 0.1) is 29.6 Å². The fraction of sp³-hybridized carbons (Fsp3) is 0.421. The van der Waals surface area contributed by atoms with E-state index in [0.717, 1.165) is 20.8 Å². The van der Waals surface area contributed by atoms with E-state index in [1.807, 2.05) is 18.2 Å². The summed E-state index contributed by atoms with van der Waals surface area (Å²) in [5.41, 5.74) is 0.798. The molecule has 6 rings (SSSR count). The van der Waals surface area contributed by atoms with Crippen molar-refractivity contribution in [2.24, 2.45) is 40.6 Å². The molecule has 6 heteroatoms. The smallest absolute Gasteiger partial charge is 0.254 e. The Morgan fingerprint density at radius 1 is 1.16 bits per heavy atom. The minimum Gasteiger partial charge on any atom is -0.496 e. The van der Waals surface area contributed by atoms with E-state index in [-0.39, 0.29) is 35.5 Å². The van der Waals surface area contributed by atoms with Crippen molar-refractivity contribution in [3.05, 3.63) is 40.4 Å². The van der Waals surface area contributed by atoms with E-state index in [9.17, 15) is 9.59 Å². The third-order valence-corrected chi connectivity index (χ3v) is 6.76. The third kappa shape index (κ3) is 2.09. The van der Waals surface area contributed by atoms with E-state index in [1.165, 1.54) is 6.42 Å².